The van der Waals surface area contributed by atoms with E-state index in [0.717, 1.165) is 17.6 Å². The van der Waals surface area contributed by atoms with E-state index in [4.69, 9.17) is 10.2 Å². The molecule has 3 aromatic rings. The highest BCUT2D eigenvalue weighted by atomic mass is 32.1. The largest absolute Gasteiger partial charge is 0.423 e. The Balaban J connectivity index is 1.96. The highest BCUT2D eigenvalue weighted by Crippen LogP contribution is 2.26. The molecule has 5 heteroatoms. The Morgan fingerprint density at radius 3 is 2.90 bits per heavy atom. The monoisotopic (exact) mass is 287 g/mol. The number of nitrogens with zero attached hydrogens (tertiary/aromatic N) is 2. The maximum atomic E-state index is 5.86. The van der Waals surface area contributed by atoms with Gasteiger partial charge in [0.1, 0.15) is 5.52 Å². The van der Waals surface area contributed by atoms with E-state index in [9.17, 15) is 0 Å². The molecule has 0 radical (unpaired) electrons. The van der Waals surface area contributed by atoms with Crippen LogP contribution in [0.3, 0.4) is 0 Å². The van der Waals surface area contributed by atoms with Crippen molar-refractivity contribution in [2.24, 2.45) is 0 Å². The third-order valence-corrected chi connectivity index (χ3v) is 4.04. The van der Waals surface area contributed by atoms with Crippen molar-refractivity contribution in [2.45, 2.75) is 26.4 Å². The highest BCUT2D eigenvalue weighted by Gasteiger charge is 2.18. The molecule has 0 saturated carbocycles. The summed E-state index contributed by atoms with van der Waals surface area (Å²) in [7, 11) is 0. The smallest absolute Gasteiger partial charge is 0.298 e. The van der Waals surface area contributed by atoms with Gasteiger partial charge in [-0.15, -0.1) is 11.3 Å². The van der Waals surface area contributed by atoms with E-state index in [1.165, 1.54) is 4.88 Å². The van der Waals surface area contributed by atoms with Gasteiger partial charge in [-0.2, -0.15) is 4.98 Å². The summed E-state index contributed by atoms with van der Waals surface area (Å²) in [6.07, 6.45) is 0. The van der Waals surface area contributed by atoms with Gasteiger partial charge in [-0.05, 0) is 43.5 Å². The zero-order valence-electron chi connectivity index (χ0n) is 11.5. The van der Waals surface area contributed by atoms with Gasteiger partial charge in [-0.1, -0.05) is 6.07 Å². The molecule has 4 nitrogen and oxygen atoms in total. The van der Waals surface area contributed by atoms with Gasteiger partial charge in [0.25, 0.3) is 6.01 Å². The highest BCUT2D eigenvalue weighted by molar-refractivity contribution is 7.09. The van der Waals surface area contributed by atoms with Crippen molar-refractivity contribution in [3.8, 4) is 0 Å². The first-order valence-corrected chi connectivity index (χ1v) is 7.46. The normalized spacial score (nSPS) is 11.3. The van der Waals surface area contributed by atoms with Crippen molar-refractivity contribution in [1.82, 2.24) is 4.98 Å². The van der Waals surface area contributed by atoms with Crippen molar-refractivity contribution in [1.29, 1.82) is 0 Å². The van der Waals surface area contributed by atoms with E-state index in [1.54, 1.807) is 11.3 Å². The lowest BCUT2D eigenvalue weighted by Gasteiger charge is -2.24. The molecule has 2 heterocycles. The molecule has 0 fully saturated rings. The molecule has 0 atom stereocenters. The van der Waals surface area contributed by atoms with Crippen molar-refractivity contribution in [3.05, 3.63) is 40.6 Å². The van der Waals surface area contributed by atoms with Gasteiger partial charge in [0.15, 0.2) is 5.58 Å². The summed E-state index contributed by atoms with van der Waals surface area (Å²) in [6.45, 7) is 5.07. The molecule has 3 rings (SSSR count). The SMILES string of the molecule is CC(C)N(Cc1cccs1)c1nc2cc(N)ccc2o1. The number of fused-ring (bicyclic) bond motifs is 1. The Morgan fingerprint density at radius 2 is 2.20 bits per heavy atom. The molecule has 0 bridgehead atoms. The number of thiophene rings is 1. The second-order valence-corrected chi connectivity index (χ2v) is 6.06. The zero-order valence-corrected chi connectivity index (χ0v) is 12.4. The minimum Gasteiger partial charge on any atom is -0.423 e. The number of benzene rings is 1. The molecule has 104 valence electrons. The van der Waals surface area contributed by atoms with Crippen molar-refractivity contribution < 1.29 is 4.42 Å². The van der Waals surface area contributed by atoms with E-state index in [0.29, 0.717) is 17.7 Å². The molecule has 2 aromatic heterocycles. The summed E-state index contributed by atoms with van der Waals surface area (Å²) in [4.78, 5) is 8.01. The summed E-state index contributed by atoms with van der Waals surface area (Å²) < 4.78 is 5.86. The van der Waals surface area contributed by atoms with E-state index >= 15 is 0 Å². The van der Waals surface area contributed by atoms with Crippen LogP contribution in [0.2, 0.25) is 0 Å². The minimum absolute atomic E-state index is 0.308. The van der Waals surface area contributed by atoms with Crippen LogP contribution in [0.4, 0.5) is 11.7 Å². The van der Waals surface area contributed by atoms with Crippen LogP contribution in [0, 0.1) is 0 Å². The lowest BCUT2D eigenvalue weighted by molar-refractivity contribution is 0.537. The van der Waals surface area contributed by atoms with Gasteiger partial charge in [-0.3, -0.25) is 0 Å². The van der Waals surface area contributed by atoms with Crippen LogP contribution >= 0.6 is 11.3 Å². The predicted molar refractivity (Wildman–Crippen MR) is 84.1 cm³/mol. The molecule has 1 aromatic carbocycles. The van der Waals surface area contributed by atoms with Gasteiger partial charge < -0.3 is 15.1 Å². The number of nitrogen functional groups attached to an aromatic ring is 1. The van der Waals surface area contributed by atoms with Crippen LogP contribution < -0.4 is 10.6 Å². The van der Waals surface area contributed by atoms with Crippen LogP contribution in [-0.2, 0) is 6.54 Å². The molecular weight excluding hydrogens is 270 g/mol. The summed E-state index contributed by atoms with van der Waals surface area (Å²) >= 11 is 1.74. The number of hydrogen-bond acceptors (Lipinski definition) is 5. The van der Waals surface area contributed by atoms with E-state index < -0.39 is 0 Å². The average Bonchev–Trinajstić information content (AvgIpc) is 3.03. The van der Waals surface area contributed by atoms with Gasteiger partial charge in [-0.25, -0.2) is 0 Å². The van der Waals surface area contributed by atoms with E-state index in [-0.39, 0.29) is 0 Å². The van der Waals surface area contributed by atoms with Crippen LogP contribution in [-0.4, -0.2) is 11.0 Å². The minimum atomic E-state index is 0.308. The number of anilines is 2. The van der Waals surface area contributed by atoms with E-state index in [1.807, 2.05) is 18.2 Å². The molecule has 0 aliphatic heterocycles. The van der Waals surface area contributed by atoms with Gasteiger partial charge in [0.2, 0.25) is 0 Å². The first-order chi connectivity index (χ1) is 9.63. The zero-order chi connectivity index (χ0) is 14.1. The van der Waals surface area contributed by atoms with Gasteiger partial charge >= 0.3 is 0 Å². The van der Waals surface area contributed by atoms with Crippen LogP contribution in [0.15, 0.2) is 40.1 Å². The van der Waals surface area contributed by atoms with Crippen LogP contribution in [0.1, 0.15) is 18.7 Å². The molecule has 0 aliphatic carbocycles. The Morgan fingerprint density at radius 1 is 1.35 bits per heavy atom. The van der Waals surface area contributed by atoms with Crippen molar-refractivity contribution in [2.75, 3.05) is 10.6 Å². The second kappa shape index (κ2) is 5.17. The number of rotatable bonds is 4. The van der Waals surface area contributed by atoms with Crippen molar-refractivity contribution in [3.63, 3.8) is 0 Å². The average molecular weight is 287 g/mol. The summed E-state index contributed by atoms with van der Waals surface area (Å²) in [5.74, 6) is 0. The fraction of sp³-hybridized carbons (Fsp3) is 0.267. The molecule has 0 unspecified atom stereocenters. The lowest BCUT2D eigenvalue weighted by atomic mass is 10.3. The van der Waals surface area contributed by atoms with Crippen molar-refractivity contribution >= 4 is 34.1 Å². The quantitative estimate of drug-likeness (QED) is 0.740. The molecule has 2 N–H and O–H groups in total. The Bertz CT molecular complexity index is 703. The van der Waals surface area contributed by atoms with Crippen LogP contribution in [0.5, 0.6) is 0 Å². The van der Waals surface area contributed by atoms with E-state index in [2.05, 4.69) is 41.2 Å². The topological polar surface area (TPSA) is 55.3 Å². The number of nitrogens with two attached hydrogens (primary N) is 1. The number of oxazole rings is 1. The molecule has 20 heavy (non-hydrogen) atoms. The molecule has 0 amide bonds. The molecule has 0 spiro atoms. The van der Waals surface area contributed by atoms with Gasteiger partial charge in [0.05, 0.1) is 6.54 Å². The van der Waals surface area contributed by atoms with Crippen LogP contribution in [0.25, 0.3) is 11.1 Å². The molecular formula is C15H17N3OS. The Kier molecular flexibility index (Phi) is 3.36. The maximum Gasteiger partial charge on any atom is 0.298 e. The number of aromatic nitrogens is 1. The fourth-order valence-corrected chi connectivity index (χ4v) is 2.80. The number of hydrogen-bond donors (Lipinski definition) is 1. The fourth-order valence-electron chi connectivity index (χ4n) is 2.10. The summed E-state index contributed by atoms with van der Waals surface area (Å²) in [5.41, 5.74) is 8.06. The van der Waals surface area contributed by atoms with Gasteiger partial charge in [0, 0.05) is 16.6 Å². The lowest BCUT2D eigenvalue weighted by Crippen LogP contribution is -2.29. The second-order valence-electron chi connectivity index (χ2n) is 5.02. The maximum absolute atomic E-state index is 5.86. The molecule has 0 aliphatic rings. The molecule has 0 saturated heterocycles. The Hall–Kier alpha value is -2.01. The first-order valence-electron chi connectivity index (χ1n) is 6.58. The third kappa shape index (κ3) is 2.49. The predicted octanol–water partition coefficient (Wildman–Crippen LogP) is 3.89. The summed E-state index contributed by atoms with van der Waals surface area (Å²) in [5, 5.41) is 2.08. The first kappa shape index (κ1) is 13.0. The standard InChI is InChI=1S/C15H17N3OS/c1-10(2)18(9-12-4-3-7-20-12)15-17-13-8-11(16)5-6-14(13)19-15/h3-8,10H,9,16H2,1-2H3. The third-order valence-electron chi connectivity index (χ3n) is 3.18. The summed E-state index contributed by atoms with van der Waals surface area (Å²) in [6, 6.07) is 10.7. The Labute approximate surface area is 121 Å².